The Kier molecular flexibility index (Phi) is 7.62. The molecule has 28 heavy (non-hydrogen) atoms. The van der Waals surface area contributed by atoms with Crippen molar-refractivity contribution in [3.63, 3.8) is 0 Å². The van der Waals surface area contributed by atoms with E-state index in [0.29, 0.717) is 0 Å². The van der Waals surface area contributed by atoms with Gasteiger partial charge in [-0.1, -0.05) is 34.1 Å². The van der Waals surface area contributed by atoms with Crippen LogP contribution in [-0.4, -0.2) is 45.6 Å². The molecule has 0 aromatic carbocycles. The number of unbranched alkanes of at least 4 members (excludes halogenated alkanes) is 1. The highest BCUT2D eigenvalue weighted by molar-refractivity contribution is 5.91. The number of nitrogens with one attached hydrogen (secondary N) is 2. The molecule has 0 spiro atoms. The highest BCUT2D eigenvalue weighted by Crippen LogP contribution is 2.27. The van der Waals surface area contributed by atoms with Gasteiger partial charge in [0.05, 0.1) is 6.20 Å². The molecular formula is C20H29F2N5O. The first-order chi connectivity index (χ1) is 13.3. The van der Waals surface area contributed by atoms with Gasteiger partial charge in [0.15, 0.2) is 11.6 Å². The van der Waals surface area contributed by atoms with Crippen LogP contribution >= 0.6 is 0 Å². The third-order valence-corrected chi connectivity index (χ3v) is 4.52. The molecule has 6 nitrogen and oxygen atoms in total. The van der Waals surface area contributed by atoms with Gasteiger partial charge in [0.25, 0.3) is 0 Å². The quantitative estimate of drug-likeness (QED) is 0.634. The van der Waals surface area contributed by atoms with Gasteiger partial charge in [0, 0.05) is 24.7 Å². The van der Waals surface area contributed by atoms with Gasteiger partial charge >= 0.3 is 0 Å². The van der Waals surface area contributed by atoms with Crippen molar-refractivity contribution in [3.05, 3.63) is 30.1 Å². The number of hydrogen-bond acceptors (Lipinski definition) is 4. The number of amides is 1. The molecule has 2 heterocycles. The maximum absolute atomic E-state index is 14.6. The fourth-order valence-corrected chi connectivity index (χ4v) is 3.15. The van der Waals surface area contributed by atoms with E-state index in [-0.39, 0.29) is 34.8 Å². The summed E-state index contributed by atoms with van der Waals surface area (Å²) in [5, 5.41) is 8.83. The number of H-pyrrole nitrogens is 1. The zero-order valence-corrected chi connectivity index (χ0v) is 17.0. The van der Waals surface area contributed by atoms with Crippen molar-refractivity contribution in [2.45, 2.75) is 47.0 Å². The van der Waals surface area contributed by atoms with Gasteiger partial charge in [-0.05, 0) is 31.0 Å². The average molecular weight is 393 g/mol. The lowest BCUT2D eigenvalue weighted by molar-refractivity contribution is -0.118. The molecule has 0 radical (unpaired) electrons. The van der Waals surface area contributed by atoms with E-state index >= 15 is 0 Å². The van der Waals surface area contributed by atoms with E-state index in [1.807, 2.05) is 13.8 Å². The Labute approximate surface area is 164 Å². The van der Waals surface area contributed by atoms with Crippen molar-refractivity contribution < 1.29 is 13.6 Å². The lowest BCUT2D eigenvalue weighted by atomic mass is 9.88. The first-order valence-electron chi connectivity index (χ1n) is 9.62. The summed E-state index contributed by atoms with van der Waals surface area (Å²) < 4.78 is 27.9. The number of aromatic amines is 1. The number of carbonyl (C=O) groups is 1. The SMILES string of the molecule is CCCCN(CC)CC(C)(C)CC(=O)Nc1n[nH]c(-c2cncc(F)c2)c1F. The molecule has 154 valence electrons. The summed E-state index contributed by atoms with van der Waals surface area (Å²) in [4.78, 5) is 18.5. The number of pyridine rings is 1. The first-order valence-corrected chi connectivity index (χ1v) is 9.62. The number of halogens is 2. The molecule has 0 fully saturated rings. The van der Waals surface area contributed by atoms with E-state index in [2.05, 4.69) is 39.2 Å². The highest BCUT2D eigenvalue weighted by atomic mass is 19.1. The summed E-state index contributed by atoms with van der Waals surface area (Å²) in [7, 11) is 0. The monoisotopic (exact) mass is 393 g/mol. The second-order valence-electron chi connectivity index (χ2n) is 7.76. The van der Waals surface area contributed by atoms with Crippen LogP contribution in [0.15, 0.2) is 18.5 Å². The van der Waals surface area contributed by atoms with E-state index in [0.717, 1.165) is 44.7 Å². The minimum atomic E-state index is -0.739. The van der Waals surface area contributed by atoms with Gasteiger partial charge in [-0.15, -0.1) is 0 Å². The second-order valence-corrected chi connectivity index (χ2v) is 7.76. The number of rotatable bonds is 10. The maximum Gasteiger partial charge on any atom is 0.226 e. The Balaban J connectivity index is 2.01. The van der Waals surface area contributed by atoms with Crippen LogP contribution in [0.2, 0.25) is 0 Å². The lowest BCUT2D eigenvalue weighted by Crippen LogP contribution is -2.37. The Morgan fingerprint density at radius 3 is 2.68 bits per heavy atom. The van der Waals surface area contributed by atoms with E-state index in [1.54, 1.807) is 0 Å². The van der Waals surface area contributed by atoms with Crippen molar-refractivity contribution in [1.82, 2.24) is 20.1 Å². The molecule has 0 aliphatic rings. The van der Waals surface area contributed by atoms with Gasteiger partial charge in [-0.3, -0.25) is 14.9 Å². The zero-order chi connectivity index (χ0) is 20.7. The highest BCUT2D eigenvalue weighted by Gasteiger charge is 2.26. The predicted molar refractivity (Wildman–Crippen MR) is 106 cm³/mol. The van der Waals surface area contributed by atoms with Crippen molar-refractivity contribution >= 4 is 11.7 Å². The molecule has 0 atom stereocenters. The van der Waals surface area contributed by atoms with E-state index < -0.39 is 11.6 Å². The second kappa shape index (κ2) is 9.73. The van der Waals surface area contributed by atoms with E-state index in [9.17, 15) is 13.6 Å². The van der Waals surface area contributed by atoms with Gasteiger partial charge < -0.3 is 10.2 Å². The van der Waals surface area contributed by atoms with Crippen molar-refractivity contribution in [3.8, 4) is 11.3 Å². The standard InChI is InChI=1S/C20H29F2N5O/c1-5-7-8-27(6-2)13-20(3,4)10-16(28)24-19-17(22)18(25-26-19)14-9-15(21)12-23-11-14/h9,11-12H,5-8,10,13H2,1-4H3,(H2,24,25,26,28). The summed E-state index contributed by atoms with van der Waals surface area (Å²) in [6.07, 6.45) is 4.83. The molecule has 0 aliphatic carbocycles. The minimum Gasteiger partial charge on any atom is -0.307 e. The number of anilines is 1. The van der Waals surface area contributed by atoms with Crippen LogP contribution in [0.25, 0.3) is 11.3 Å². The van der Waals surface area contributed by atoms with Gasteiger partial charge in [-0.25, -0.2) is 8.78 Å². The summed E-state index contributed by atoms with van der Waals surface area (Å²) in [5.74, 6) is -1.83. The van der Waals surface area contributed by atoms with Gasteiger partial charge in [0.2, 0.25) is 5.91 Å². The molecule has 0 saturated heterocycles. The van der Waals surface area contributed by atoms with E-state index in [1.165, 1.54) is 6.20 Å². The third-order valence-electron chi connectivity index (χ3n) is 4.52. The molecule has 0 bridgehead atoms. The molecule has 0 aliphatic heterocycles. The van der Waals surface area contributed by atoms with Crippen LogP contribution in [0.5, 0.6) is 0 Å². The summed E-state index contributed by atoms with van der Waals surface area (Å²) in [5.41, 5.74) is -0.0609. The van der Waals surface area contributed by atoms with Crippen LogP contribution in [0.3, 0.4) is 0 Å². The zero-order valence-electron chi connectivity index (χ0n) is 17.0. The smallest absolute Gasteiger partial charge is 0.226 e. The molecule has 2 aromatic rings. The molecular weight excluding hydrogens is 364 g/mol. The van der Waals surface area contributed by atoms with Crippen LogP contribution in [-0.2, 0) is 4.79 Å². The molecule has 1 amide bonds. The van der Waals surface area contributed by atoms with Gasteiger partial charge in [0.1, 0.15) is 11.5 Å². The molecule has 2 N–H and O–H groups in total. The minimum absolute atomic E-state index is 0.0155. The van der Waals surface area contributed by atoms with Crippen molar-refractivity contribution in [2.75, 3.05) is 25.0 Å². The fraction of sp³-hybridized carbons (Fsp3) is 0.550. The topological polar surface area (TPSA) is 73.9 Å². The number of hydrogen-bond donors (Lipinski definition) is 2. The number of aromatic nitrogens is 3. The molecule has 8 heteroatoms. The summed E-state index contributed by atoms with van der Waals surface area (Å²) in [6.45, 7) is 11.0. The van der Waals surface area contributed by atoms with Crippen molar-refractivity contribution in [2.24, 2.45) is 5.41 Å². The van der Waals surface area contributed by atoms with Gasteiger partial charge in [-0.2, -0.15) is 5.10 Å². The van der Waals surface area contributed by atoms with Crippen LogP contribution < -0.4 is 5.32 Å². The molecule has 2 rings (SSSR count). The van der Waals surface area contributed by atoms with Crippen LogP contribution in [0, 0.1) is 17.0 Å². The Morgan fingerprint density at radius 2 is 2.04 bits per heavy atom. The molecule has 2 aromatic heterocycles. The number of carbonyl (C=O) groups excluding carboxylic acids is 1. The molecule has 0 saturated carbocycles. The van der Waals surface area contributed by atoms with Crippen LogP contribution in [0.1, 0.15) is 47.0 Å². The molecule has 0 unspecified atom stereocenters. The van der Waals surface area contributed by atoms with E-state index in [4.69, 9.17) is 0 Å². The fourth-order valence-electron chi connectivity index (χ4n) is 3.15. The maximum atomic E-state index is 14.6. The largest absolute Gasteiger partial charge is 0.307 e. The summed E-state index contributed by atoms with van der Waals surface area (Å²) in [6, 6.07) is 1.15. The summed E-state index contributed by atoms with van der Waals surface area (Å²) >= 11 is 0. The Morgan fingerprint density at radius 1 is 1.29 bits per heavy atom. The Bertz CT molecular complexity index is 791. The Hall–Kier alpha value is -2.35. The lowest BCUT2D eigenvalue weighted by Gasteiger charge is -2.31. The van der Waals surface area contributed by atoms with Crippen LogP contribution in [0.4, 0.5) is 14.6 Å². The predicted octanol–water partition coefficient (Wildman–Crippen LogP) is 4.23. The normalized spacial score (nSPS) is 11.8. The average Bonchev–Trinajstić information content (AvgIpc) is 2.98. The first kappa shape index (κ1) is 21.9. The third kappa shape index (κ3) is 6.09. The van der Waals surface area contributed by atoms with Crippen molar-refractivity contribution in [1.29, 1.82) is 0 Å². The number of nitrogens with zero attached hydrogens (tertiary/aromatic N) is 3.